The van der Waals surface area contributed by atoms with Gasteiger partial charge in [0.05, 0.1) is 19.3 Å². The van der Waals surface area contributed by atoms with E-state index in [9.17, 15) is 4.39 Å². The minimum atomic E-state index is -0.242. The predicted octanol–water partition coefficient (Wildman–Crippen LogP) is 3.15. The van der Waals surface area contributed by atoms with Gasteiger partial charge in [0, 0.05) is 17.5 Å². The third-order valence-electron chi connectivity index (χ3n) is 4.54. The molecular formula is C16H24FNO2. The van der Waals surface area contributed by atoms with Crippen molar-refractivity contribution in [3.8, 4) is 5.75 Å². The first-order chi connectivity index (χ1) is 9.49. The molecule has 3 nitrogen and oxygen atoms in total. The van der Waals surface area contributed by atoms with Crippen molar-refractivity contribution >= 4 is 0 Å². The summed E-state index contributed by atoms with van der Waals surface area (Å²) in [5.41, 5.74) is 0.858. The van der Waals surface area contributed by atoms with Gasteiger partial charge in [0.2, 0.25) is 0 Å². The van der Waals surface area contributed by atoms with E-state index in [1.165, 1.54) is 6.07 Å². The van der Waals surface area contributed by atoms with Gasteiger partial charge in [-0.2, -0.15) is 0 Å². The molecule has 0 spiro atoms. The van der Waals surface area contributed by atoms with Crippen LogP contribution in [0.4, 0.5) is 4.39 Å². The van der Waals surface area contributed by atoms with Crippen LogP contribution in [0.5, 0.6) is 5.75 Å². The number of halogens is 1. The maximum absolute atomic E-state index is 13.6. The van der Waals surface area contributed by atoms with Gasteiger partial charge in [0.25, 0.3) is 0 Å². The Labute approximate surface area is 120 Å². The summed E-state index contributed by atoms with van der Waals surface area (Å²) in [5.74, 6) is 1.15. The standard InChI is InChI=1S/C16H24FNO2/c1-9-10(2)20-11(3)15(9)16(18-4)13-8-12(17)6-7-14(13)19-5/h6-11,15-16,18H,1-5H3. The molecule has 5 atom stereocenters. The van der Waals surface area contributed by atoms with Crippen molar-refractivity contribution in [1.82, 2.24) is 5.32 Å². The van der Waals surface area contributed by atoms with Gasteiger partial charge < -0.3 is 14.8 Å². The Morgan fingerprint density at radius 3 is 2.45 bits per heavy atom. The van der Waals surface area contributed by atoms with Gasteiger partial charge in [-0.3, -0.25) is 0 Å². The Hall–Kier alpha value is -1.13. The van der Waals surface area contributed by atoms with Crippen LogP contribution in [0, 0.1) is 17.7 Å². The van der Waals surface area contributed by atoms with Crippen molar-refractivity contribution in [3.63, 3.8) is 0 Å². The van der Waals surface area contributed by atoms with E-state index < -0.39 is 0 Å². The molecule has 4 heteroatoms. The lowest BCUT2D eigenvalue weighted by molar-refractivity contribution is 0.0477. The topological polar surface area (TPSA) is 30.5 Å². The molecule has 5 unspecified atom stereocenters. The highest BCUT2D eigenvalue weighted by Crippen LogP contribution is 2.42. The first-order valence-corrected chi connectivity index (χ1v) is 7.15. The van der Waals surface area contributed by atoms with Crippen molar-refractivity contribution < 1.29 is 13.9 Å². The summed E-state index contributed by atoms with van der Waals surface area (Å²) in [6, 6.07) is 4.68. The smallest absolute Gasteiger partial charge is 0.123 e. The Kier molecular flexibility index (Phi) is 4.66. The number of nitrogens with one attached hydrogen (secondary N) is 1. The highest BCUT2D eigenvalue weighted by molar-refractivity contribution is 5.37. The van der Waals surface area contributed by atoms with Crippen LogP contribution in [0.1, 0.15) is 32.4 Å². The molecular weight excluding hydrogens is 257 g/mol. The van der Waals surface area contributed by atoms with Gasteiger partial charge in [-0.25, -0.2) is 4.39 Å². The maximum Gasteiger partial charge on any atom is 0.123 e. The molecule has 112 valence electrons. The third kappa shape index (κ3) is 2.67. The van der Waals surface area contributed by atoms with Gasteiger partial charge in [-0.15, -0.1) is 0 Å². The van der Waals surface area contributed by atoms with E-state index in [4.69, 9.17) is 9.47 Å². The fourth-order valence-corrected chi connectivity index (χ4v) is 3.37. The van der Waals surface area contributed by atoms with Crippen molar-refractivity contribution in [2.24, 2.45) is 11.8 Å². The van der Waals surface area contributed by atoms with Crippen molar-refractivity contribution in [1.29, 1.82) is 0 Å². The van der Waals surface area contributed by atoms with Gasteiger partial charge in [-0.1, -0.05) is 6.92 Å². The van der Waals surface area contributed by atoms with E-state index in [2.05, 4.69) is 26.1 Å². The van der Waals surface area contributed by atoms with Crippen LogP contribution >= 0.6 is 0 Å². The largest absolute Gasteiger partial charge is 0.496 e. The molecule has 1 heterocycles. The molecule has 0 amide bonds. The second kappa shape index (κ2) is 6.10. The van der Waals surface area contributed by atoms with Crippen LogP contribution < -0.4 is 10.1 Å². The Morgan fingerprint density at radius 1 is 1.25 bits per heavy atom. The molecule has 1 N–H and O–H groups in total. The minimum absolute atomic E-state index is 0.00981. The first-order valence-electron chi connectivity index (χ1n) is 7.15. The molecule has 1 aliphatic rings. The molecule has 2 rings (SSSR count). The lowest BCUT2D eigenvalue weighted by atomic mass is 9.80. The van der Waals surface area contributed by atoms with Gasteiger partial charge in [0.1, 0.15) is 11.6 Å². The second-order valence-electron chi connectivity index (χ2n) is 5.64. The summed E-state index contributed by atoms with van der Waals surface area (Å²) in [7, 11) is 3.52. The van der Waals surface area contributed by atoms with Gasteiger partial charge in [0.15, 0.2) is 0 Å². The zero-order chi connectivity index (χ0) is 14.9. The normalized spacial score (nSPS) is 31.3. The van der Waals surface area contributed by atoms with Gasteiger partial charge >= 0.3 is 0 Å². The molecule has 1 aromatic rings. The predicted molar refractivity (Wildman–Crippen MR) is 77.4 cm³/mol. The molecule has 0 aliphatic carbocycles. The summed E-state index contributed by atoms with van der Waals surface area (Å²) < 4.78 is 24.9. The molecule has 1 saturated heterocycles. The van der Waals surface area contributed by atoms with Crippen LogP contribution in [-0.2, 0) is 4.74 Å². The van der Waals surface area contributed by atoms with Crippen LogP contribution in [0.3, 0.4) is 0 Å². The number of hydrogen-bond acceptors (Lipinski definition) is 3. The van der Waals surface area contributed by atoms with E-state index in [-0.39, 0.29) is 30.0 Å². The summed E-state index contributed by atoms with van der Waals surface area (Å²) in [5, 5.41) is 3.32. The number of methoxy groups -OCH3 is 1. The zero-order valence-corrected chi connectivity index (χ0v) is 12.8. The third-order valence-corrected chi connectivity index (χ3v) is 4.54. The summed E-state index contributed by atoms with van der Waals surface area (Å²) >= 11 is 0. The van der Waals surface area contributed by atoms with Crippen LogP contribution in [0.25, 0.3) is 0 Å². The summed E-state index contributed by atoms with van der Waals surface area (Å²) in [4.78, 5) is 0. The van der Waals surface area contributed by atoms with Crippen LogP contribution in [0.2, 0.25) is 0 Å². The highest BCUT2D eigenvalue weighted by Gasteiger charge is 2.42. The van der Waals surface area contributed by atoms with E-state index in [1.807, 2.05) is 7.05 Å². The Morgan fingerprint density at radius 2 is 1.95 bits per heavy atom. The van der Waals surface area contributed by atoms with Crippen LogP contribution in [-0.4, -0.2) is 26.4 Å². The molecule has 0 aromatic heterocycles. The lowest BCUT2D eigenvalue weighted by Crippen LogP contribution is -2.33. The average molecular weight is 281 g/mol. The van der Waals surface area contributed by atoms with Crippen LogP contribution in [0.15, 0.2) is 18.2 Å². The quantitative estimate of drug-likeness (QED) is 0.919. The fraction of sp³-hybridized carbons (Fsp3) is 0.625. The molecule has 0 radical (unpaired) electrons. The maximum atomic E-state index is 13.6. The summed E-state index contributed by atoms with van der Waals surface area (Å²) in [6.45, 7) is 6.37. The number of hydrogen-bond donors (Lipinski definition) is 1. The van der Waals surface area contributed by atoms with Gasteiger partial charge in [-0.05, 0) is 45.0 Å². The Bertz CT molecular complexity index is 466. The van der Waals surface area contributed by atoms with E-state index in [0.29, 0.717) is 11.7 Å². The number of rotatable bonds is 4. The molecule has 0 bridgehead atoms. The first kappa shape index (κ1) is 15.3. The number of ether oxygens (including phenoxy) is 2. The monoisotopic (exact) mass is 281 g/mol. The molecule has 1 aromatic carbocycles. The second-order valence-corrected chi connectivity index (χ2v) is 5.64. The lowest BCUT2D eigenvalue weighted by Gasteiger charge is -2.30. The molecule has 1 fully saturated rings. The highest BCUT2D eigenvalue weighted by atomic mass is 19.1. The summed E-state index contributed by atoms with van der Waals surface area (Å²) in [6.07, 6.45) is 0.343. The van der Waals surface area contributed by atoms with Crippen molar-refractivity contribution in [2.45, 2.75) is 39.0 Å². The molecule has 0 saturated carbocycles. The van der Waals surface area contributed by atoms with E-state index in [1.54, 1.807) is 19.2 Å². The SMILES string of the molecule is CNC(c1cc(F)ccc1OC)C1C(C)OC(C)C1C. The number of benzene rings is 1. The Balaban J connectivity index is 2.40. The van der Waals surface area contributed by atoms with E-state index >= 15 is 0 Å². The van der Waals surface area contributed by atoms with E-state index in [0.717, 1.165) is 5.56 Å². The van der Waals surface area contributed by atoms with Crippen molar-refractivity contribution in [3.05, 3.63) is 29.6 Å². The average Bonchev–Trinajstić information content (AvgIpc) is 2.67. The molecule has 1 aliphatic heterocycles. The zero-order valence-electron chi connectivity index (χ0n) is 12.8. The molecule has 20 heavy (non-hydrogen) atoms. The fourth-order valence-electron chi connectivity index (χ4n) is 3.37. The van der Waals surface area contributed by atoms with Crippen molar-refractivity contribution in [2.75, 3.05) is 14.2 Å². The minimum Gasteiger partial charge on any atom is -0.496 e.